The molecule has 6 heteroatoms. The Kier molecular flexibility index (Phi) is 3.77. The van der Waals surface area contributed by atoms with Gasteiger partial charge in [-0.05, 0) is 28.1 Å². The number of pyridine rings is 1. The van der Waals surface area contributed by atoms with Gasteiger partial charge in [0.1, 0.15) is 5.82 Å². The van der Waals surface area contributed by atoms with Crippen molar-refractivity contribution >= 4 is 21.7 Å². The molecule has 0 bridgehead atoms. The van der Waals surface area contributed by atoms with Gasteiger partial charge in [-0.25, -0.2) is 13.8 Å². The Morgan fingerprint density at radius 1 is 1.57 bits per heavy atom. The van der Waals surface area contributed by atoms with Crippen LogP contribution in [0.2, 0.25) is 0 Å². The van der Waals surface area contributed by atoms with Gasteiger partial charge in [0.2, 0.25) is 0 Å². The fourth-order valence-electron chi connectivity index (χ4n) is 0.801. The third-order valence-electron chi connectivity index (χ3n) is 1.57. The van der Waals surface area contributed by atoms with E-state index in [1.165, 1.54) is 6.20 Å². The summed E-state index contributed by atoms with van der Waals surface area (Å²) >= 11 is 3.18. The van der Waals surface area contributed by atoms with Crippen LogP contribution in [0.3, 0.4) is 0 Å². The summed E-state index contributed by atoms with van der Waals surface area (Å²) in [5.41, 5.74) is 4.89. The molecule has 1 aromatic heterocycles. The number of nitrogens with zero attached hydrogens (tertiary/aromatic N) is 1. The Morgan fingerprint density at radius 2 is 2.29 bits per heavy atom. The first-order valence-corrected chi connectivity index (χ1v) is 4.77. The van der Waals surface area contributed by atoms with Crippen LogP contribution in [0.25, 0.3) is 0 Å². The maximum atomic E-state index is 12.7. The van der Waals surface area contributed by atoms with E-state index in [-0.39, 0.29) is 0 Å². The van der Waals surface area contributed by atoms with E-state index in [1.54, 1.807) is 12.1 Å². The number of rotatable bonds is 4. The zero-order valence-corrected chi connectivity index (χ0v) is 8.89. The first-order chi connectivity index (χ1) is 6.55. The van der Waals surface area contributed by atoms with E-state index < -0.39 is 19.0 Å². The number of alkyl halides is 2. The van der Waals surface area contributed by atoms with Crippen LogP contribution in [0.4, 0.5) is 14.6 Å². The van der Waals surface area contributed by atoms with Crippen LogP contribution in [0.5, 0.6) is 0 Å². The van der Waals surface area contributed by atoms with Crippen LogP contribution in [0.1, 0.15) is 0 Å². The molecule has 0 atom stereocenters. The molecule has 0 unspecified atom stereocenters. The molecule has 0 aliphatic carbocycles. The number of anilines is 1. The zero-order chi connectivity index (χ0) is 10.6. The molecule has 3 N–H and O–H groups in total. The van der Waals surface area contributed by atoms with Crippen molar-refractivity contribution in [2.24, 2.45) is 5.73 Å². The fourth-order valence-corrected chi connectivity index (χ4v) is 1.20. The standard InChI is InChI=1S/C8H10BrF2N3/c9-6-2-1-3-13-7(6)14-5-8(10,11)4-12/h1-3H,4-5,12H2,(H,13,14). The van der Waals surface area contributed by atoms with Crippen LogP contribution in [-0.2, 0) is 0 Å². The third-order valence-corrected chi connectivity index (χ3v) is 2.21. The van der Waals surface area contributed by atoms with Crippen LogP contribution in [-0.4, -0.2) is 24.0 Å². The SMILES string of the molecule is NCC(F)(F)CNc1ncccc1Br. The maximum Gasteiger partial charge on any atom is 0.276 e. The maximum absolute atomic E-state index is 12.7. The summed E-state index contributed by atoms with van der Waals surface area (Å²) in [4.78, 5) is 3.88. The van der Waals surface area contributed by atoms with Gasteiger partial charge < -0.3 is 11.1 Å². The van der Waals surface area contributed by atoms with Crippen LogP contribution in [0.15, 0.2) is 22.8 Å². The largest absolute Gasteiger partial charge is 0.363 e. The second kappa shape index (κ2) is 4.65. The van der Waals surface area contributed by atoms with Crippen molar-refractivity contribution in [2.75, 3.05) is 18.4 Å². The lowest BCUT2D eigenvalue weighted by atomic mass is 10.3. The topological polar surface area (TPSA) is 50.9 Å². The van der Waals surface area contributed by atoms with Crippen molar-refractivity contribution in [2.45, 2.75) is 5.92 Å². The molecule has 1 rings (SSSR count). The van der Waals surface area contributed by atoms with Crippen LogP contribution in [0, 0.1) is 0 Å². The van der Waals surface area contributed by atoms with Crippen LogP contribution >= 0.6 is 15.9 Å². The molecule has 0 radical (unpaired) electrons. The average molecular weight is 266 g/mol. The molecule has 78 valence electrons. The second-order valence-electron chi connectivity index (χ2n) is 2.75. The normalized spacial score (nSPS) is 11.4. The molecule has 1 aromatic rings. The lowest BCUT2D eigenvalue weighted by Crippen LogP contribution is -2.35. The summed E-state index contributed by atoms with van der Waals surface area (Å²) in [6, 6.07) is 3.42. The minimum absolute atomic E-state index is 0.389. The van der Waals surface area contributed by atoms with E-state index in [4.69, 9.17) is 5.73 Å². The first-order valence-electron chi connectivity index (χ1n) is 3.97. The summed E-state index contributed by atoms with van der Waals surface area (Å²) in [7, 11) is 0. The third kappa shape index (κ3) is 3.19. The number of nitrogens with two attached hydrogens (primary N) is 1. The van der Waals surface area contributed by atoms with E-state index in [9.17, 15) is 8.78 Å². The minimum atomic E-state index is -2.91. The predicted octanol–water partition coefficient (Wildman–Crippen LogP) is 1.85. The Balaban J connectivity index is 2.58. The van der Waals surface area contributed by atoms with Gasteiger partial charge in [-0.3, -0.25) is 0 Å². The molecule has 1 heterocycles. The molecule has 14 heavy (non-hydrogen) atoms. The van der Waals surface area contributed by atoms with E-state index >= 15 is 0 Å². The second-order valence-corrected chi connectivity index (χ2v) is 3.60. The molecule has 0 saturated heterocycles. The quantitative estimate of drug-likeness (QED) is 0.874. The number of hydrogen-bond acceptors (Lipinski definition) is 3. The Labute approximate surface area is 88.8 Å². The summed E-state index contributed by atoms with van der Waals surface area (Å²) in [5, 5.41) is 2.52. The molecule has 0 amide bonds. The number of hydrogen-bond donors (Lipinski definition) is 2. The fraction of sp³-hybridized carbons (Fsp3) is 0.375. The van der Waals surface area contributed by atoms with Gasteiger partial charge in [-0.1, -0.05) is 0 Å². The van der Waals surface area contributed by atoms with Crippen molar-refractivity contribution in [3.8, 4) is 0 Å². The van der Waals surface area contributed by atoms with Crippen molar-refractivity contribution < 1.29 is 8.78 Å². The van der Waals surface area contributed by atoms with Gasteiger partial charge in [-0.15, -0.1) is 0 Å². The highest BCUT2D eigenvalue weighted by Crippen LogP contribution is 2.20. The van der Waals surface area contributed by atoms with Crippen molar-refractivity contribution in [1.82, 2.24) is 4.98 Å². The average Bonchev–Trinajstić information content (AvgIpc) is 2.17. The Bertz CT molecular complexity index is 306. The van der Waals surface area contributed by atoms with Gasteiger partial charge in [0.05, 0.1) is 17.6 Å². The predicted molar refractivity (Wildman–Crippen MR) is 54.4 cm³/mol. The van der Waals surface area contributed by atoms with Gasteiger partial charge in [0, 0.05) is 6.20 Å². The molecule has 0 spiro atoms. The number of halogens is 3. The molecule has 3 nitrogen and oxygen atoms in total. The molecule has 0 aliphatic heterocycles. The highest BCUT2D eigenvalue weighted by Gasteiger charge is 2.26. The molecule has 0 aromatic carbocycles. The Morgan fingerprint density at radius 3 is 2.86 bits per heavy atom. The number of aromatic nitrogens is 1. The summed E-state index contributed by atoms with van der Waals surface area (Å²) in [5.74, 6) is -2.52. The van der Waals surface area contributed by atoms with Gasteiger partial charge in [0.25, 0.3) is 5.92 Å². The molecule has 0 aliphatic rings. The smallest absolute Gasteiger partial charge is 0.276 e. The molecule has 0 fully saturated rings. The van der Waals surface area contributed by atoms with Gasteiger partial charge in [0.15, 0.2) is 0 Å². The first kappa shape index (κ1) is 11.3. The van der Waals surface area contributed by atoms with E-state index in [1.807, 2.05) is 0 Å². The molecule has 0 saturated carbocycles. The summed E-state index contributed by atoms with van der Waals surface area (Å²) in [6.07, 6.45) is 1.52. The van der Waals surface area contributed by atoms with Crippen LogP contribution < -0.4 is 11.1 Å². The highest BCUT2D eigenvalue weighted by atomic mass is 79.9. The lowest BCUT2D eigenvalue weighted by Gasteiger charge is -2.15. The van der Waals surface area contributed by atoms with Crippen molar-refractivity contribution in [1.29, 1.82) is 0 Å². The highest BCUT2D eigenvalue weighted by molar-refractivity contribution is 9.10. The Hall–Kier alpha value is -0.750. The van der Waals surface area contributed by atoms with Gasteiger partial charge >= 0.3 is 0 Å². The summed E-state index contributed by atoms with van der Waals surface area (Å²) in [6.45, 7) is -1.19. The molecular formula is C8H10BrF2N3. The zero-order valence-electron chi connectivity index (χ0n) is 7.30. The van der Waals surface area contributed by atoms with Gasteiger partial charge in [-0.2, -0.15) is 0 Å². The monoisotopic (exact) mass is 265 g/mol. The van der Waals surface area contributed by atoms with E-state index in [2.05, 4.69) is 26.2 Å². The minimum Gasteiger partial charge on any atom is -0.363 e. The van der Waals surface area contributed by atoms with E-state index in [0.717, 1.165) is 0 Å². The molecular weight excluding hydrogens is 256 g/mol. The van der Waals surface area contributed by atoms with E-state index in [0.29, 0.717) is 10.3 Å². The number of nitrogens with one attached hydrogen (secondary N) is 1. The lowest BCUT2D eigenvalue weighted by molar-refractivity contribution is 0.0253. The van der Waals surface area contributed by atoms with Crippen molar-refractivity contribution in [3.05, 3.63) is 22.8 Å². The summed E-state index contributed by atoms with van der Waals surface area (Å²) < 4.78 is 26.1. The van der Waals surface area contributed by atoms with Crippen molar-refractivity contribution in [3.63, 3.8) is 0 Å².